The molecule has 2 aromatic rings. The first-order valence-corrected chi connectivity index (χ1v) is 6.26. The predicted molar refractivity (Wildman–Crippen MR) is 71.5 cm³/mol. The summed E-state index contributed by atoms with van der Waals surface area (Å²) in [6.07, 6.45) is 0. The van der Waals surface area contributed by atoms with Crippen LogP contribution in [0.15, 0.2) is 24.3 Å². The number of hydrogen-bond acceptors (Lipinski definition) is 6. The Hall–Kier alpha value is -2.28. The van der Waals surface area contributed by atoms with E-state index in [-0.39, 0.29) is 6.61 Å². The Labute approximate surface area is 115 Å². The Balaban J connectivity index is 1.70. The predicted octanol–water partition coefficient (Wildman–Crippen LogP) is 0.705. The second kappa shape index (κ2) is 4.68. The van der Waals surface area contributed by atoms with Gasteiger partial charge in [0.1, 0.15) is 17.7 Å². The van der Waals surface area contributed by atoms with Crippen LogP contribution < -0.4 is 4.90 Å². The minimum Gasteiger partial charge on any atom is -0.480 e. The van der Waals surface area contributed by atoms with Gasteiger partial charge < -0.3 is 14.7 Å². The minimum absolute atomic E-state index is 0.291. The smallest absolute Gasteiger partial charge is 0.329 e. The number of hydrogen-bond donors (Lipinski definition) is 1. The van der Waals surface area contributed by atoms with Crippen molar-refractivity contribution in [2.45, 2.75) is 12.5 Å². The molecule has 0 unspecified atom stereocenters. The van der Waals surface area contributed by atoms with Crippen LogP contribution in [0.4, 0.5) is 5.95 Å². The lowest BCUT2D eigenvalue weighted by atomic mass is 9.97. The van der Waals surface area contributed by atoms with Crippen molar-refractivity contribution in [3.8, 4) is 0 Å². The number of ether oxygens (including phenoxy) is 1. The highest BCUT2D eigenvalue weighted by atomic mass is 16.5. The molecule has 7 heteroatoms. The lowest BCUT2D eigenvalue weighted by Crippen LogP contribution is -2.62. The number of fused-ring (bicyclic) bond motifs is 1. The summed E-state index contributed by atoms with van der Waals surface area (Å²) in [4.78, 5) is 16.9. The standard InChI is InChI=1S/C13H14N4O3/c1-13(20-6-11(18)19)7-17(8-13)12-14-9-4-2-3-5-10(9)15-16-12/h2-5H,6-8H2,1H3,(H,18,19). The molecule has 3 rings (SSSR count). The van der Waals surface area contributed by atoms with Gasteiger partial charge in [0, 0.05) is 0 Å². The van der Waals surface area contributed by atoms with Gasteiger partial charge >= 0.3 is 5.97 Å². The average molecular weight is 274 g/mol. The molecule has 20 heavy (non-hydrogen) atoms. The highest BCUT2D eigenvalue weighted by Crippen LogP contribution is 2.28. The zero-order chi connectivity index (χ0) is 14.2. The van der Waals surface area contributed by atoms with Crippen molar-refractivity contribution < 1.29 is 14.6 Å². The van der Waals surface area contributed by atoms with Crippen molar-refractivity contribution in [3.05, 3.63) is 24.3 Å². The quantitative estimate of drug-likeness (QED) is 0.878. The maximum atomic E-state index is 10.5. The van der Waals surface area contributed by atoms with Gasteiger partial charge in [0.15, 0.2) is 0 Å². The van der Waals surface area contributed by atoms with Crippen molar-refractivity contribution in [1.29, 1.82) is 0 Å². The summed E-state index contributed by atoms with van der Waals surface area (Å²) in [5.41, 5.74) is 1.08. The van der Waals surface area contributed by atoms with Gasteiger partial charge in [-0.2, -0.15) is 0 Å². The Kier molecular flexibility index (Phi) is 2.98. The third kappa shape index (κ3) is 2.39. The summed E-state index contributed by atoms with van der Waals surface area (Å²) in [5, 5.41) is 16.8. The first-order valence-electron chi connectivity index (χ1n) is 6.26. The number of carboxylic acid groups (broad SMARTS) is 1. The number of aromatic nitrogens is 3. The van der Waals surface area contributed by atoms with E-state index >= 15 is 0 Å². The maximum Gasteiger partial charge on any atom is 0.329 e. The van der Waals surface area contributed by atoms with E-state index in [2.05, 4.69) is 15.2 Å². The molecule has 0 radical (unpaired) electrons. The third-order valence-corrected chi connectivity index (χ3v) is 3.23. The van der Waals surface area contributed by atoms with Crippen LogP contribution in [-0.2, 0) is 9.53 Å². The SMILES string of the molecule is CC1(OCC(=O)O)CN(c2nnc3ccccc3n2)C1. The van der Waals surface area contributed by atoms with E-state index in [4.69, 9.17) is 9.84 Å². The fourth-order valence-electron chi connectivity index (χ4n) is 2.24. The number of para-hydroxylation sites is 1. The van der Waals surface area contributed by atoms with E-state index in [1.165, 1.54) is 0 Å². The molecule has 0 spiro atoms. The van der Waals surface area contributed by atoms with Gasteiger partial charge in [0.25, 0.3) is 0 Å². The van der Waals surface area contributed by atoms with Gasteiger partial charge in [-0.3, -0.25) is 0 Å². The van der Waals surface area contributed by atoms with Crippen molar-refractivity contribution >= 4 is 23.0 Å². The molecule has 0 aliphatic carbocycles. The Bertz CT molecular complexity index is 655. The van der Waals surface area contributed by atoms with Crippen LogP contribution in [0.25, 0.3) is 11.0 Å². The Morgan fingerprint density at radius 2 is 2.05 bits per heavy atom. The zero-order valence-corrected chi connectivity index (χ0v) is 11.0. The summed E-state index contributed by atoms with van der Waals surface area (Å²) >= 11 is 0. The summed E-state index contributed by atoms with van der Waals surface area (Å²) in [6.45, 7) is 2.70. The van der Waals surface area contributed by atoms with E-state index in [9.17, 15) is 4.79 Å². The lowest BCUT2D eigenvalue weighted by Gasteiger charge is -2.46. The van der Waals surface area contributed by atoms with E-state index in [1.54, 1.807) is 0 Å². The molecule has 104 valence electrons. The number of aliphatic carboxylic acids is 1. The van der Waals surface area contributed by atoms with Crippen molar-refractivity contribution in [2.24, 2.45) is 0 Å². The molecule has 1 fully saturated rings. The second-order valence-corrected chi connectivity index (χ2v) is 5.09. The minimum atomic E-state index is -0.965. The van der Waals surface area contributed by atoms with Crippen LogP contribution in [0.3, 0.4) is 0 Å². The molecular weight excluding hydrogens is 260 g/mol. The molecule has 0 saturated carbocycles. The van der Waals surface area contributed by atoms with Crippen LogP contribution >= 0.6 is 0 Å². The molecule has 0 amide bonds. The number of nitrogens with zero attached hydrogens (tertiary/aromatic N) is 4. The second-order valence-electron chi connectivity index (χ2n) is 5.09. The van der Waals surface area contributed by atoms with Gasteiger partial charge in [-0.05, 0) is 19.1 Å². The largest absolute Gasteiger partial charge is 0.480 e. The maximum absolute atomic E-state index is 10.5. The molecule has 1 aliphatic heterocycles. The number of anilines is 1. The molecule has 0 atom stereocenters. The molecular formula is C13H14N4O3. The Morgan fingerprint density at radius 3 is 2.75 bits per heavy atom. The fourth-order valence-corrected chi connectivity index (χ4v) is 2.24. The Morgan fingerprint density at radius 1 is 1.35 bits per heavy atom. The van der Waals surface area contributed by atoms with Crippen LogP contribution in [-0.4, -0.2) is 51.6 Å². The van der Waals surface area contributed by atoms with Crippen LogP contribution in [0, 0.1) is 0 Å². The summed E-state index contributed by atoms with van der Waals surface area (Å²) in [6, 6.07) is 7.53. The van der Waals surface area contributed by atoms with Crippen LogP contribution in [0.2, 0.25) is 0 Å². The fraction of sp³-hybridized carbons (Fsp3) is 0.385. The highest BCUT2D eigenvalue weighted by molar-refractivity contribution is 5.74. The molecule has 1 N–H and O–H groups in total. The van der Waals surface area contributed by atoms with Gasteiger partial charge in [-0.1, -0.05) is 12.1 Å². The zero-order valence-electron chi connectivity index (χ0n) is 11.0. The topological polar surface area (TPSA) is 88.4 Å². The molecule has 7 nitrogen and oxygen atoms in total. The molecule has 1 aromatic heterocycles. The lowest BCUT2D eigenvalue weighted by molar-refractivity contribution is -0.150. The van der Waals surface area contributed by atoms with E-state index < -0.39 is 11.6 Å². The van der Waals surface area contributed by atoms with Crippen molar-refractivity contribution in [3.63, 3.8) is 0 Å². The van der Waals surface area contributed by atoms with Crippen LogP contribution in [0.1, 0.15) is 6.92 Å². The van der Waals surface area contributed by atoms with Crippen LogP contribution in [0.5, 0.6) is 0 Å². The molecule has 2 heterocycles. The number of rotatable bonds is 4. The van der Waals surface area contributed by atoms with Gasteiger partial charge in [-0.15, -0.1) is 10.2 Å². The molecule has 1 aromatic carbocycles. The molecule has 1 aliphatic rings. The van der Waals surface area contributed by atoms with Gasteiger partial charge in [0.2, 0.25) is 5.95 Å². The summed E-state index contributed by atoms with van der Waals surface area (Å²) < 4.78 is 5.35. The number of benzene rings is 1. The molecule has 1 saturated heterocycles. The van der Waals surface area contributed by atoms with E-state index in [0.29, 0.717) is 19.0 Å². The highest BCUT2D eigenvalue weighted by Gasteiger charge is 2.41. The monoisotopic (exact) mass is 274 g/mol. The number of carboxylic acids is 1. The normalized spacial score (nSPS) is 16.9. The van der Waals surface area contributed by atoms with Gasteiger partial charge in [0.05, 0.1) is 18.6 Å². The first-order chi connectivity index (χ1) is 9.56. The van der Waals surface area contributed by atoms with Gasteiger partial charge in [-0.25, -0.2) is 9.78 Å². The number of carbonyl (C=O) groups is 1. The third-order valence-electron chi connectivity index (χ3n) is 3.23. The summed E-state index contributed by atoms with van der Waals surface area (Å²) in [7, 11) is 0. The van der Waals surface area contributed by atoms with Crippen molar-refractivity contribution in [1.82, 2.24) is 15.2 Å². The van der Waals surface area contributed by atoms with E-state index in [1.807, 2.05) is 36.1 Å². The van der Waals surface area contributed by atoms with E-state index in [0.717, 1.165) is 11.0 Å². The average Bonchev–Trinajstić information content (AvgIpc) is 2.41. The first kappa shape index (κ1) is 12.7. The molecule has 0 bridgehead atoms. The summed E-state index contributed by atoms with van der Waals surface area (Å²) in [5.74, 6) is -0.423. The van der Waals surface area contributed by atoms with Crippen molar-refractivity contribution in [2.75, 3.05) is 24.6 Å².